The lowest BCUT2D eigenvalue weighted by atomic mass is 9.86. The minimum Gasteiger partial charge on any atom is -0.486 e. The summed E-state index contributed by atoms with van der Waals surface area (Å²) in [6.07, 6.45) is 4.98. The number of benzene rings is 1. The second-order valence-electron chi connectivity index (χ2n) is 5.22. The summed E-state index contributed by atoms with van der Waals surface area (Å²) in [5.74, 6) is -0.906. The van der Waals surface area contributed by atoms with Gasteiger partial charge in [0.15, 0.2) is 17.4 Å². The third-order valence-corrected chi connectivity index (χ3v) is 3.79. The zero-order valence-electron chi connectivity index (χ0n) is 11.3. The summed E-state index contributed by atoms with van der Waals surface area (Å²) in [6, 6.07) is 4.24. The first-order valence-corrected chi connectivity index (χ1v) is 6.98. The van der Waals surface area contributed by atoms with Gasteiger partial charge in [-0.05, 0) is 30.9 Å². The molecule has 2 atom stereocenters. The van der Waals surface area contributed by atoms with Gasteiger partial charge in [-0.3, -0.25) is 0 Å². The fraction of sp³-hybridized carbons (Fsp3) is 0.600. The van der Waals surface area contributed by atoms with E-state index in [1.807, 2.05) is 0 Å². The Morgan fingerprint density at radius 2 is 1.89 bits per heavy atom. The standard InChI is InChI=1S/C15H21F2NO/c1-11-5-2-3-8-14(11)18-9-10-19-15-12(16)6-4-7-13(15)17/h4,6-7,11,14,18H,2-3,5,8-10H2,1H3. The van der Waals surface area contributed by atoms with E-state index in [1.165, 1.54) is 43.9 Å². The molecule has 0 aromatic heterocycles. The van der Waals surface area contributed by atoms with Crippen LogP contribution in [0.3, 0.4) is 0 Å². The first-order chi connectivity index (χ1) is 9.18. The van der Waals surface area contributed by atoms with Gasteiger partial charge in [0.2, 0.25) is 0 Å². The van der Waals surface area contributed by atoms with Gasteiger partial charge in [-0.2, -0.15) is 0 Å². The molecule has 1 N–H and O–H groups in total. The number of hydrogen-bond donors (Lipinski definition) is 1. The Morgan fingerprint density at radius 3 is 2.58 bits per heavy atom. The van der Waals surface area contributed by atoms with Gasteiger partial charge in [0.05, 0.1) is 0 Å². The molecule has 0 spiro atoms. The maximum absolute atomic E-state index is 13.3. The molecular formula is C15H21F2NO. The zero-order chi connectivity index (χ0) is 13.7. The number of rotatable bonds is 5. The van der Waals surface area contributed by atoms with E-state index in [0.29, 0.717) is 18.5 Å². The number of halogens is 2. The van der Waals surface area contributed by atoms with Gasteiger partial charge in [-0.25, -0.2) is 8.78 Å². The molecule has 0 heterocycles. The molecule has 0 saturated heterocycles. The van der Waals surface area contributed by atoms with Crippen LogP contribution in [0.1, 0.15) is 32.6 Å². The molecule has 0 amide bonds. The third-order valence-electron chi connectivity index (χ3n) is 3.79. The summed E-state index contributed by atoms with van der Waals surface area (Å²) in [7, 11) is 0. The molecule has 106 valence electrons. The molecule has 1 aliphatic rings. The number of nitrogens with one attached hydrogen (secondary N) is 1. The van der Waals surface area contributed by atoms with Crippen LogP contribution >= 0.6 is 0 Å². The molecular weight excluding hydrogens is 248 g/mol. The minimum absolute atomic E-state index is 0.277. The largest absolute Gasteiger partial charge is 0.486 e. The lowest BCUT2D eigenvalue weighted by Gasteiger charge is -2.29. The van der Waals surface area contributed by atoms with Crippen LogP contribution in [0.5, 0.6) is 5.75 Å². The van der Waals surface area contributed by atoms with E-state index in [0.717, 1.165) is 0 Å². The molecule has 2 unspecified atom stereocenters. The number of ether oxygens (including phenoxy) is 1. The predicted molar refractivity (Wildman–Crippen MR) is 71.3 cm³/mol. The summed E-state index contributed by atoms with van der Waals surface area (Å²) in [5.41, 5.74) is 0. The highest BCUT2D eigenvalue weighted by atomic mass is 19.1. The molecule has 1 aromatic carbocycles. The third kappa shape index (κ3) is 3.90. The van der Waals surface area contributed by atoms with Crippen LogP contribution in [-0.4, -0.2) is 19.2 Å². The molecule has 0 bridgehead atoms. The summed E-state index contributed by atoms with van der Waals surface area (Å²) >= 11 is 0. The van der Waals surface area contributed by atoms with E-state index < -0.39 is 11.6 Å². The monoisotopic (exact) mass is 269 g/mol. The van der Waals surface area contributed by atoms with E-state index in [9.17, 15) is 8.78 Å². The van der Waals surface area contributed by atoms with Crippen LogP contribution < -0.4 is 10.1 Å². The van der Waals surface area contributed by atoms with Crippen molar-refractivity contribution in [1.29, 1.82) is 0 Å². The summed E-state index contributed by atoms with van der Waals surface area (Å²) in [5, 5.41) is 3.41. The van der Waals surface area contributed by atoms with Crippen molar-refractivity contribution in [3.63, 3.8) is 0 Å². The molecule has 0 aliphatic heterocycles. The van der Waals surface area contributed by atoms with Crippen LogP contribution in [0.15, 0.2) is 18.2 Å². The van der Waals surface area contributed by atoms with Crippen molar-refractivity contribution < 1.29 is 13.5 Å². The second-order valence-corrected chi connectivity index (χ2v) is 5.22. The maximum Gasteiger partial charge on any atom is 0.190 e. The van der Waals surface area contributed by atoms with E-state index in [2.05, 4.69) is 12.2 Å². The normalized spacial score (nSPS) is 23.3. The van der Waals surface area contributed by atoms with Crippen molar-refractivity contribution in [3.8, 4) is 5.75 Å². The van der Waals surface area contributed by atoms with Crippen molar-refractivity contribution >= 4 is 0 Å². The van der Waals surface area contributed by atoms with Gasteiger partial charge in [0.1, 0.15) is 6.61 Å². The quantitative estimate of drug-likeness (QED) is 0.826. The Bertz CT molecular complexity index is 391. The minimum atomic E-state index is -0.647. The van der Waals surface area contributed by atoms with Crippen molar-refractivity contribution in [2.24, 2.45) is 5.92 Å². The lowest BCUT2D eigenvalue weighted by Crippen LogP contribution is -2.39. The van der Waals surface area contributed by atoms with Crippen molar-refractivity contribution in [1.82, 2.24) is 5.32 Å². The fourth-order valence-corrected chi connectivity index (χ4v) is 2.64. The summed E-state index contributed by atoms with van der Waals surface area (Å²) in [4.78, 5) is 0. The van der Waals surface area contributed by atoms with E-state index >= 15 is 0 Å². The van der Waals surface area contributed by atoms with E-state index in [4.69, 9.17) is 4.74 Å². The van der Waals surface area contributed by atoms with Gasteiger partial charge in [-0.1, -0.05) is 25.8 Å². The van der Waals surface area contributed by atoms with E-state index in [-0.39, 0.29) is 12.4 Å². The fourth-order valence-electron chi connectivity index (χ4n) is 2.64. The molecule has 0 radical (unpaired) electrons. The van der Waals surface area contributed by atoms with Crippen molar-refractivity contribution in [2.75, 3.05) is 13.2 Å². The summed E-state index contributed by atoms with van der Waals surface area (Å²) in [6.45, 7) is 3.14. The number of hydrogen-bond acceptors (Lipinski definition) is 2. The van der Waals surface area contributed by atoms with Crippen molar-refractivity contribution in [3.05, 3.63) is 29.8 Å². The predicted octanol–water partition coefficient (Wildman–Crippen LogP) is 3.51. The summed E-state index contributed by atoms with van der Waals surface area (Å²) < 4.78 is 31.8. The van der Waals surface area contributed by atoms with Crippen LogP contribution in [0.2, 0.25) is 0 Å². The van der Waals surface area contributed by atoms with Crippen molar-refractivity contribution in [2.45, 2.75) is 38.6 Å². The zero-order valence-corrected chi connectivity index (χ0v) is 11.3. The first-order valence-electron chi connectivity index (χ1n) is 6.98. The molecule has 4 heteroatoms. The van der Waals surface area contributed by atoms with Gasteiger partial charge in [0, 0.05) is 12.6 Å². The second kappa shape index (κ2) is 6.85. The van der Waals surface area contributed by atoms with Gasteiger partial charge >= 0.3 is 0 Å². The topological polar surface area (TPSA) is 21.3 Å². The Balaban J connectivity index is 1.74. The van der Waals surface area contributed by atoms with Crippen LogP contribution in [0, 0.1) is 17.6 Å². The number of para-hydroxylation sites is 1. The van der Waals surface area contributed by atoms with Crippen LogP contribution in [0.4, 0.5) is 8.78 Å². The molecule has 1 saturated carbocycles. The highest BCUT2D eigenvalue weighted by Gasteiger charge is 2.20. The van der Waals surface area contributed by atoms with Gasteiger partial charge in [-0.15, -0.1) is 0 Å². The molecule has 2 nitrogen and oxygen atoms in total. The average molecular weight is 269 g/mol. The molecule has 19 heavy (non-hydrogen) atoms. The Labute approximate surface area is 113 Å². The molecule has 2 rings (SSSR count). The average Bonchev–Trinajstić information content (AvgIpc) is 2.39. The molecule has 1 fully saturated rings. The lowest BCUT2D eigenvalue weighted by molar-refractivity contribution is 0.241. The highest BCUT2D eigenvalue weighted by molar-refractivity contribution is 5.25. The maximum atomic E-state index is 13.3. The Morgan fingerprint density at radius 1 is 1.21 bits per heavy atom. The van der Waals surface area contributed by atoms with Crippen LogP contribution in [0.25, 0.3) is 0 Å². The Kier molecular flexibility index (Phi) is 5.14. The smallest absolute Gasteiger partial charge is 0.190 e. The van der Waals surface area contributed by atoms with E-state index in [1.54, 1.807) is 0 Å². The highest BCUT2D eigenvalue weighted by Crippen LogP contribution is 2.24. The van der Waals surface area contributed by atoms with Gasteiger partial charge < -0.3 is 10.1 Å². The van der Waals surface area contributed by atoms with Gasteiger partial charge in [0.25, 0.3) is 0 Å². The van der Waals surface area contributed by atoms with Crippen LogP contribution in [-0.2, 0) is 0 Å². The Hall–Kier alpha value is -1.16. The molecule has 1 aromatic rings. The molecule has 1 aliphatic carbocycles. The SMILES string of the molecule is CC1CCCCC1NCCOc1c(F)cccc1F. The first kappa shape index (κ1) is 14.3.